The molecule has 1 aromatic heterocycles. The van der Waals surface area contributed by atoms with Crippen LogP contribution in [0.1, 0.15) is 10.5 Å². The Balaban J connectivity index is 1.99. The summed E-state index contributed by atoms with van der Waals surface area (Å²) in [7, 11) is 3.36. The Morgan fingerprint density at radius 1 is 1.29 bits per heavy atom. The standard InChI is InChI=1S/C14H16N4O3/c1-17(2)14(19)10-3-4-18(16-10)11-8-13-12(7-9(11)15)20-5-6-21-13/h3-4,7-8H,5-6,15H2,1-2H3. The highest BCUT2D eigenvalue weighted by molar-refractivity contribution is 5.91. The van der Waals surface area contributed by atoms with Crippen molar-refractivity contribution in [3.05, 3.63) is 30.1 Å². The van der Waals surface area contributed by atoms with Crippen LogP contribution < -0.4 is 15.2 Å². The molecule has 7 heteroatoms. The van der Waals surface area contributed by atoms with Gasteiger partial charge in [-0.3, -0.25) is 4.79 Å². The van der Waals surface area contributed by atoms with Crippen molar-refractivity contribution in [1.82, 2.24) is 14.7 Å². The average molecular weight is 288 g/mol. The molecule has 7 nitrogen and oxygen atoms in total. The number of nitrogens with two attached hydrogens (primary N) is 1. The Morgan fingerprint density at radius 2 is 1.95 bits per heavy atom. The van der Waals surface area contributed by atoms with E-state index in [2.05, 4.69) is 5.10 Å². The fraction of sp³-hybridized carbons (Fsp3) is 0.286. The molecular weight excluding hydrogens is 272 g/mol. The molecule has 0 spiro atoms. The molecule has 2 heterocycles. The molecule has 21 heavy (non-hydrogen) atoms. The summed E-state index contributed by atoms with van der Waals surface area (Å²) in [5.74, 6) is 1.09. The second kappa shape index (κ2) is 5.01. The second-order valence-corrected chi connectivity index (χ2v) is 4.90. The Kier molecular flexibility index (Phi) is 3.17. The third-order valence-corrected chi connectivity index (χ3v) is 3.15. The van der Waals surface area contributed by atoms with Crippen LogP contribution in [0, 0.1) is 0 Å². The molecule has 0 saturated carbocycles. The fourth-order valence-electron chi connectivity index (χ4n) is 2.09. The van der Waals surface area contributed by atoms with Gasteiger partial charge in [-0.1, -0.05) is 0 Å². The first-order valence-corrected chi connectivity index (χ1v) is 6.53. The van der Waals surface area contributed by atoms with Gasteiger partial charge in [-0.15, -0.1) is 0 Å². The zero-order valence-corrected chi connectivity index (χ0v) is 11.9. The molecule has 2 aromatic rings. The first-order valence-electron chi connectivity index (χ1n) is 6.53. The molecule has 1 amide bonds. The number of rotatable bonds is 2. The Labute approximate surface area is 121 Å². The number of nitrogens with zero attached hydrogens (tertiary/aromatic N) is 3. The number of fused-ring (bicyclic) bond motifs is 1. The largest absolute Gasteiger partial charge is 0.486 e. The van der Waals surface area contributed by atoms with Gasteiger partial charge >= 0.3 is 0 Å². The van der Waals surface area contributed by atoms with Gasteiger partial charge in [0.1, 0.15) is 13.2 Å². The maximum atomic E-state index is 11.9. The number of carbonyl (C=O) groups is 1. The Morgan fingerprint density at radius 3 is 2.62 bits per heavy atom. The minimum atomic E-state index is -0.162. The molecule has 2 N–H and O–H groups in total. The predicted octanol–water partition coefficient (Wildman–Crippen LogP) is 0.928. The van der Waals surface area contributed by atoms with E-state index in [0.29, 0.717) is 41.8 Å². The van der Waals surface area contributed by atoms with Crippen molar-refractivity contribution in [1.29, 1.82) is 0 Å². The number of hydrogen-bond acceptors (Lipinski definition) is 5. The number of aromatic nitrogens is 2. The van der Waals surface area contributed by atoms with Gasteiger partial charge in [-0.2, -0.15) is 5.10 Å². The highest BCUT2D eigenvalue weighted by Crippen LogP contribution is 2.35. The third-order valence-electron chi connectivity index (χ3n) is 3.15. The van der Waals surface area contributed by atoms with Gasteiger partial charge in [-0.05, 0) is 6.07 Å². The molecule has 1 aromatic carbocycles. The van der Waals surface area contributed by atoms with Crippen molar-refractivity contribution >= 4 is 11.6 Å². The molecule has 0 saturated heterocycles. The van der Waals surface area contributed by atoms with Crippen molar-refractivity contribution < 1.29 is 14.3 Å². The van der Waals surface area contributed by atoms with E-state index in [4.69, 9.17) is 15.2 Å². The summed E-state index contributed by atoms with van der Waals surface area (Å²) in [5, 5.41) is 4.26. The smallest absolute Gasteiger partial charge is 0.273 e. The number of hydrogen-bond donors (Lipinski definition) is 1. The lowest BCUT2D eigenvalue weighted by Gasteiger charge is -2.20. The number of anilines is 1. The highest BCUT2D eigenvalue weighted by atomic mass is 16.6. The van der Waals surface area contributed by atoms with E-state index in [1.165, 1.54) is 4.90 Å². The molecule has 3 rings (SSSR count). The summed E-state index contributed by atoms with van der Waals surface area (Å²) in [6.07, 6.45) is 1.69. The number of nitrogen functional groups attached to an aromatic ring is 1. The minimum absolute atomic E-state index is 0.162. The molecule has 0 radical (unpaired) electrons. The SMILES string of the molecule is CN(C)C(=O)c1ccn(-c2cc3c(cc2N)OCCO3)n1. The molecule has 0 fully saturated rings. The molecule has 110 valence electrons. The monoisotopic (exact) mass is 288 g/mol. The zero-order chi connectivity index (χ0) is 15.0. The minimum Gasteiger partial charge on any atom is -0.486 e. The predicted molar refractivity (Wildman–Crippen MR) is 77.0 cm³/mol. The van der Waals surface area contributed by atoms with Gasteiger partial charge in [0.15, 0.2) is 17.2 Å². The van der Waals surface area contributed by atoms with Gasteiger partial charge in [0.2, 0.25) is 0 Å². The van der Waals surface area contributed by atoms with Crippen molar-refractivity contribution in [3.8, 4) is 17.2 Å². The van der Waals surface area contributed by atoms with Gasteiger partial charge < -0.3 is 20.1 Å². The van der Waals surface area contributed by atoms with Gasteiger partial charge in [0.05, 0.1) is 11.4 Å². The van der Waals surface area contributed by atoms with Crippen LogP contribution in [0.15, 0.2) is 24.4 Å². The number of amides is 1. The molecule has 0 unspecified atom stereocenters. The van der Waals surface area contributed by atoms with Crippen molar-refractivity contribution in [2.75, 3.05) is 33.0 Å². The normalized spacial score (nSPS) is 13.0. The lowest BCUT2D eigenvalue weighted by Crippen LogP contribution is -2.22. The second-order valence-electron chi connectivity index (χ2n) is 4.90. The van der Waals surface area contributed by atoms with Crippen molar-refractivity contribution in [2.45, 2.75) is 0 Å². The first-order chi connectivity index (χ1) is 10.1. The van der Waals surface area contributed by atoms with Gasteiger partial charge in [0, 0.05) is 32.4 Å². The summed E-state index contributed by atoms with van der Waals surface area (Å²) < 4.78 is 12.6. The van der Waals surface area contributed by atoms with Crippen molar-refractivity contribution in [3.63, 3.8) is 0 Å². The van der Waals surface area contributed by atoms with E-state index < -0.39 is 0 Å². The lowest BCUT2D eigenvalue weighted by atomic mass is 10.2. The van der Waals surface area contributed by atoms with Crippen LogP contribution in [0.4, 0.5) is 5.69 Å². The van der Waals surface area contributed by atoms with Gasteiger partial charge in [0.25, 0.3) is 5.91 Å². The summed E-state index contributed by atoms with van der Waals surface area (Å²) in [6, 6.07) is 5.12. The van der Waals surface area contributed by atoms with Crippen LogP contribution in [0.25, 0.3) is 5.69 Å². The topological polar surface area (TPSA) is 82.6 Å². The summed E-state index contributed by atoms with van der Waals surface area (Å²) in [5.41, 5.74) is 7.54. The molecule has 1 aliphatic rings. The van der Waals surface area contributed by atoms with E-state index >= 15 is 0 Å². The number of benzene rings is 1. The van der Waals surface area contributed by atoms with Crippen LogP contribution in [0.5, 0.6) is 11.5 Å². The van der Waals surface area contributed by atoms with E-state index in [1.807, 2.05) is 0 Å². The van der Waals surface area contributed by atoms with E-state index in [0.717, 1.165) is 0 Å². The maximum Gasteiger partial charge on any atom is 0.273 e. The quantitative estimate of drug-likeness (QED) is 0.831. The molecule has 0 atom stereocenters. The molecular formula is C14H16N4O3. The maximum absolute atomic E-state index is 11.9. The zero-order valence-electron chi connectivity index (χ0n) is 11.9. The fourth-order valence-corrected chi connectivity index (χ4v) is 2.09. The molecule has 0 aliphatic carbocycles. The van der Waals surface area contributed by atoms with Crippen LogP contribution in [0.3, 0.4) is 0 Å². The van der Waals surface area contributed by atoms with Gasteiger partial charge in [-0.25, -0.2) is 4.68 Å². The van der Waals surface area contributed by atoms with E-state index in [9.17, 15) is 4.79 Å². The lowest BCUT2D eigenvalue weighted by molar-refractivity contribution is 0.0821. The number of ether oxygens (including phenoxy) is 2. The van der Waals surface area contributed by atoms with Crippen molar-refractivity contribution in [2.24, 2.45) is 0 Å². The summed E-state index contributed by atoms with van der Waals surface area (Å²) >= 11 is 0. The van der Waals surface area contributed by atoms with Crippen LogP contribution >= 0.6 is 0 Å². The molecule has 1 aliphatic heterocycles. The average Bonchev–Trinajstić information content (AvgIpc) is 2.95. The van der Waals surface area contributed by atoms with E-state index in [-0.39, 0.29) is 5.91 Å². The van der Waals surface area contributed by atoms with Crippen LogP contribution in [-0.2, 0) is 0 Å². The molecule has 0 bridgehead atoms. The first kappa shape index (κ1) is 13.3. The van der Waals surface area contributed by atoms with Crippen LogP contribution in [0.2, 0.25) is 0 Å². The summed E-state index contributed by atoms with van der Waals surface area (Å²) in [4.78, 5) is 13.4. The highest BCUT2D eigenvalue weighted by Gasteiger charge is 2.17. The van der Waals surface area contributed by atoms with E-state index in [1.54, 1.807) is 43.2 Å². The Hall–Kier alpha value is -2.70. The summed E-state index contributed by atoms with van der Waals surface area (Å²) in [6.45, 7) is 1.01. The Bertz CT molecular complexity index is 694. The number of carbonyl (C=O) groups excluding carboxylic acids is 1. The van der Waals surface area contributed by atoms with Crippen LogP contribution in [-0.4, -0.2) is 47.9 Å². The third kappa shape index (κ3) is 2.37.